The molecule has 13 heavy (non-hydrogen) atoms. The molecule has 1 aliphatic rings. The Hall–Kier alpha value is -0.480. The van der Waals surface area contributed by atoms with Gasteiger partial charge in [0, 0.05) is 5.92 Å². The van der Waals surface area contributed by atoms with E-state index in [1.807, 2.05) is 0 Å². The SMILES string of the molecule is C#CC1CCC(C(C)(C)C)CC1O. The van der Waals surface area contributed by atoms with Gasteiger partial charge in [0.2, 0.25) is 0 Å². The van der Waals surface area contributed by atoms with Crippen LogP contribution in [0.2, 0.25) is 0 Å². The number of terminal acetylenes is 1. The molecule has 1 fully saturated rings. The number of aliphatic hydroxyl groups excluding tert-OH is 1. The molecule has 0 bridgehead atoms. The van der Waals surface area contributed by atoms with E-state index in [1.54, 1.807) is 0 Å². The molecular formula is C12H20O. The van der Waals surface area contributed by atoms with Crippen LogP contribution in [0.5, 0.6) is 0 Å². The second kappa shape index (κ2) is 3.72. The van der Waals surface area contributed by atoms with Gasteiger partial charge in [-0.15, -0.1) is 12.3 Å². The lowest BCUT2D eigenvalue weighted by Crippen LogP contribution is -2.34. The molecule has 3 unspecified atom stereocenters. The topological polar surface area (TPSA) is 20.2 Å². The molecule has 0 aromatic rings. The van der Waals surface area contributed by atoms with Crippen LogP contribution >= 0.6 is 0 Å². The molecule has 0 aromatic heterocycles. The van der Waals surface area contributed by atoms with Gasteiger partial charge >= 0.3 is 0 Å². The van der Waals surface area contributed by atoms with Crippen LogP contribution in [0.3, 0.4) is 0 Å². The van der Waals surface area contributed by atoms with Gasteiger partial charge < -0.3 is 5.11 Å². The minimum atomic E-state index is -0.275. The average Bonchev–Trinajstić information content (AvgIpc) is 2.02. The molecule has 0 aromatic carbocycles. The Morgan fingerprint density at radius 3 is 2.31 bits per heavy atom. The van der Waals surface area contributed by atoms with Gasteiger partial charge in [0.1, 0.15) is 0 Å². The molecule has 0 amide bonds. The molecule has 0 spiro atoms. The summed E-state index contributed by atoms with van der Waals surface area (Å²) in [7, 11) is 0. The van der Waals surface area contributed by atoms with Gasteiger partial charge in [-0.2, -0.15) is 0 Å². The van der Waals surface area contributed by atoms with E-state index >= 15 is 0 Å². The molecule has 0 aliphatic heterocycles. The summed E-state index contributed by atoms with van der Waals surface area (Å²) in [6.07, 6.45) is 8.08. The van der Waals surface area contributed by atoms with Gasteiger partial charge in [0.05, 0.1) is 6.10 Å². The Labute approximate surface area is 81.5 Å². The van der Waals surface area contributed by atoms with Crippen molar-refractivity contribution in [3.63, 3.8) is 0 Å². The highest BCUT2D eigenvalue weighted by Crippen LogP contribution is 2.39. The van der Waals surface area contributed by atoms with Crippen molar-refractivity contribution in [2.45, 2.75) is 46.1 Å². The van der Waals surface area contributed by atoms with Crippen LogP contribution in [0.15, 0.2) is 0 Å². The van der Waals surface area contributed by atoms with Crippen LogP contribution in [0, 0.1) is 29.6 Å². The summed E-state index contributed by atoms with van der Waals surface area (Å²) in [5.74, 6) is 3.39. The molecule has 1 saturated carbocycles. The van der Waals surface area contributed by atoms with Crippen LogP contribution < -0.4 is 0 Å². The monoisotopic (exact) mass is 180 g/mol. The first-order valence-electron chi connectivity index (χ1n) is 5.09. The molecule has 1 N–H and O–H groups in total. The van der Waals surface area contributed by atoms with E-state index in [0.717, 1.165) is 19.3 Å². The normalized spacial score (nSPS) is 35.5. The van der Waals surface area contributed by atoms with E-state index in [0.29, 0.717) is 11.3 Å². The number of rotatable bonds is 0. The minimum Gasteiger partial charge on any atom is -0.392 e. The van der Waals surface area contributed by atoms with Crippen molar-refractivity contribution in [1.29, 1.82) is 0 Å². The Morgan fingerprint density at radius 2 is 1.92 bits per heavy atom. The zero-order valence-electron chi connectivity index (χ0n) is 8.88. The van der Waals surface area contributed by atoms with E-state index in [2.05, 4.69) is 26.7 Å². The van der Waals surface area contributed by atoms with E-state index in [1.165, 1.54) is 0 Å². The molecule has 1 heteroatoms. The fourth-order valence-corrected chi connectivity index (χ4v) is 2.13. The minimum absolute atomic E-state index is 0.0959. The van der Waals surface area contributed by atoms with E-state index in [4.69, 9.17) is 6.42 Å². The predicted molar refractivity (Wildman–Crippen MR) is 55.1 cm³/mol. The number of hydrogen-bond donors (Lipinski definition) is 1. The summed E-state index contributed by atoms with van der Waals surface area (Å²) in [5, 5.41) is 9.76. The Kier molecular flexibility index (Phi) is 3.03. The predicted octanol–water partition coefficient (Wildman–Crippen LogP) is 2.44. The van der Waals surface area contributed by atoms with E-state index < -0.39 is 0 Å². The number of aliphatic hydroxyl groups is 1. The van der Waals surface area contributed by atoms with Crippen molar-refractivity contribution in [2.75, 3.05) is 0 Å². The summed E-state index contributed by atoms with van der Waals surface area (Å²) in [6.45, 7) is 6.71. The maximum absolute atomic E-state index is 9.76. The van der Waals surface area contributed by atoms with Gasteiger partial charge in [-0.1, -0.05) is 20.8 Å². The third kappa shape index (κ3) is 2.48. The molecule has 1 nitrogen and oxygen atoms in total. The average molecular weight is 180 g/mol. The maximum atomic E-state index is 9.76. The molecule has 1 rings (SSSR count). The molecule has 0 radical (unpaired) electrons. The van der Waals surface area contributed by atoms with Crippen LogP contribution in [-0.2, 0) is 0 Å². The Bertz CT molecular complexity index is 206. The van der Waals surface area contributed by atoms with Gasteiger partial charge in [-0.3, -0.25) is 0 Å². The van der Waals surface area contributed by atoms with Gasteiger partial charge in [0.15, 0.2) is 0 Å². The Morgan fingerprint density at radius 1 is 1.31 bits per heavy atom. The highest BCUT2D eigenvalue weighted by molar-refractivity contribution is 5.00. The Balaban J connectivity index is 2.57. The first kappa shape index (κ1) is 10.6. The quantitative estimate of drug-likeness (QED) is 0.568. The van der Waals surface area contributed by atoms with Crippen molar-refractivity contribution in [1.82, 2.24) is 0 Å². The molecule has 1 aliphatic carbocycles. The van der Waals surface area contributed by atoms with Gasteiger partial charge in [-0.05, 0) is 30.6 Å². The highest BCUT2D eigenvalue weighted by Gasteiger charge is 2.33. The molecule has 74 valence electrons. The lowest BCUT2D eigenvalue weighted by molar-refractivity contribution is 0.0335. The van der Waals surface area contributed by atoms with Crippen LogP contribution in [0.4, 0.5) is 0 Å². The zero-order valence-corrected chi connectivity index (χ0v) is 8.88. The summed E-state index contributed by atoms with van der Waals surface area (Å²) >= 11 is 0. The van der Waals surface area contributed by atoms with Crippen molar-refractivity contribution in [3.8, 4) is 12.3 Å². The first-order chi connectivity index (χ1) is 5.95. The molecule has 3 atom stereocenters. The largest absolute Gasteiger partial charge is 0.392 e. The summed E-state index contributed by atoms with van der Waals surface area (Å²) < 4.78 is 0. The van der Waals surface area contributed by atoms with E-state index in [9.17, 15) is 5.11 Å². The first-order valence-corrected chi connectivity index (χ1v) is 5.09. The fraction of sp³-hybridized carbons (Fsp3) is 0.833. The zero-order chi connectivity index (χ0) is 10.1. The van der Waals surface area contributed by atoms with Gasteiger partial charge in [0.25, 0.3) is 0 Å². The van der Waals surface area contributed by atoms with Crippen molar-refractivity contribution in [2.24, 2.45) is 17.3 Å². The fourth-order valence-electron chi connectivity index (χ4n) is 2.13. The van der Waals surface area contributed by atoms with E-state index in [-0.39, 0.29) is 12.0 Å². The second-order valence-electron chi connectivity index (χ2n) is 5.22. The second-order valence-corrected chi connectivity index (χ2v) is 5.22. The van der Waals surface area contributed by atoms with Gasteiger partial charge in [-0.25, -0.2) is 0 Å². The van der Waals surface area contributed by atoms with Crippen molar-refractivity contribution < 1.29 is 5.11 Å². The standard InChI is InChI=1S/C12H20O/c1-5-9-6-7-10(8-11(9)13)12(2,3)4/h1,9-11,13H,6-8H2,2-4H3. The third-order valence-electron chi connectivity index (χ3n) is 3.26. The highest BCUT2D eigenvalue weighted by atomic mass is 16.3. The summed E-state index contributed by atoms with van der Waals surface area (Å²) in [5.41, 5.74) is 0.306. The van der Waals surface area contributed by atoms with Crippen LogP contribution in [0.1, 0.15) is 40.0 Å². The van der Waals surface area contributed by atoms with Crippen LogP contribution in [0.25, 0.3) is 0 Å². The van der Waals surface area contributed by atoms with Crippen LogP contribution in [-0.4, -0.2) is 11.2 Å². The lowest BCUT2D eigenvalue weighted by atomic mass is 9.69. The molecule has 0 heterocycles. The summed E-state index contributed by atoms with van der Waals surface area (Å²) in [4.78, 5) is 0. The lowest BCUT2D eigenvalue weighted by Gasteiger charge is -2.38. The smallest absolute Gasteiger partial charge is 0.0680 e. The molecule has 0 saturated heterocycles. The summed E-state index contributed by atoms with van der Waals surface area (Å²) in [6, 6.07) is 0. The maximum Gasteiger partial charge on any atom is 0.0680 e. The number of hydrogen-bond acceptors (Lipinski definition) is 1. The van der Waals surface area contributed by atoms with Crippen molar-refractivity contribution in [3.05, 3.63) is 0 Å². The van der Waals surface area contributed by atoms with Crippen molar-refractivity contribution >= 4 is 0 Å². The molecular weight excluding hydrogens is 160 g/mol. The third-order valence-corrected chi connectivity index (χ3v) is 3.26.